The lowest BCUT2D eigenvalue weighted by Gasteiger charge is -2.02. The van der Waals surface area contributed by atoms with E-state index < -0.39 is 5.97 Å². The number of aromatic carboxylic acids is 1. The predicted octanol–water partition coefficient (Wildman–Crippen LogP) is 1.83. The van der Waals surface area contributed by atoms with Gasteiger partial charge in [-0.3, -0.25) is 4.79 Å². The van der Waals surface area contributed by atoms with Crippen LogP contribution >= 0.6 is 11.8 Å². The summed E-state index contributed by atoms with van der Waals surface area (Å²) in [6, 6.07) is 3.26. The Bertz CT molecular complexity index is 408. The number of rotatable bonds is 6. The van der Waals surface area contributed by atoms with Crippen LogP contribution in [0.5, 0.6) is 0 Å². The number of carbonyl (C=O) groups excluding carboxylic acids is 1. The zero-order chi connectivity index (χ0) is 12.7. The molecule has 0 atom stereocenters. The number of nitrogens with zero attached hydrogens (tertiary/aromatic N) is 1. The van der Waals surface area contributed by atoms with Crippen LogP contribution in [0.4, 0.5) is 0 Å². The standard InChI is InChI=1S/C11H13NO4S/c1-16-10(13)3-2-6-17-8-4-5-12-9(7-8)11(14)15/h4-5,7H,2-3,6H2,1H3,(H,14,15). The minimum absolute atomic E-state index is 0.0305. The van der Waals surface area contributed by atoms with Gasteiger partial charge in [0.1, 0.15) is 5.69 Å². The molecule has 5 nitrogen and oxygen atoms in total. The second-order valence-electron chi connectivity index (χ2n) is 3.21. The third kappa shape index (κ3) is 4.86. The van der Waals surface area contributed by atoms with Gasteiger partial charge >= 0.3 is 11.9 Å². The van der Waals surface area contributed by atoms with Gasteiger partial charge in [-0.2, -0.15) is 0 Å². The molecule has 92 valence electrons. The fourth-order valence-corrected chi connectivity index (χ4v) is 2.00. The van der Waals surface area contributed by atoms with Crippen molar-refractivity contribution in [2.75, 3.05) is 12.9 Å². The lowest BCUT2D eigenvalue weighted by molar-refractivity contribution is -0.140. The predicted molar refractivity (Wildman–Crippen MR) is 63.2 cm³/mol. The maximum absolute atomic E-state index is 10.8. The highest BCUT2D eigenvalue weighted by atomic mass is 32.2. The molecule has 0 spiro atoms. The summed E-state index contributed by atoms with van der Waals surface area (Å²) in [6.07, 6.45) is 2.54. The number of carboxylic acid groups (broad SMARTS) is 1. The Morgan fingerprint density at radius 1 is 1.53 bits per heavy atom. The van der Waals surface area contributed by atoms with E-state index in [0.29, 0.717) is 12.8 Å². The molecule has 0 aromatic carbocycles. The molecule has 0 fully saturated rings. The number of carbonyl (C=O) groups is 2. The summed E-state index contributed by atoms with van der Waals surface area (Å²) in [5.74, 6) is -0.536. The van der Waals surface area contributed by atoms with Crippen LogP contribution in [-0.2, 0) is 9.53 Å². The molecule has 0 aliphatic rings. The molecule has 0 saturated carbocycles. The van der Waals surface area contributed by atoms with E-state index in [0.717, 1.165) is 10.6 Å². The van der Waals surface area contributed by atoms with Crippen LogP contribution in [0.1, 0.15) is 23.3 Å². The Hall–Kier alpha value is -1.56. The van der Waals surface area contributed by atoms with Gasteiger partial charge in [0, 0.05) is 17.5 Å². The van der Waals surface area contributed by atoms with Crippen molar-refractivity contribution in [3.8, 4) is 0 Å². The van der Waals surface area contributed by atoms with Gasteiger partial charge in [-0.25, -0.2) is 9.78 Å². The van der Waals surface area contributed by atoms with Gasteiger partial charge in [-0.1, -0.05) is 0 Å². The van der Waals surface area contributed by atoms with Gasteiger partial charge < -0.3 is 9.84 Å². The van der Waals surface area contributed by atoms with Crippen molar-refractivity contribution in [2.45, 2.75) is 17.7 Å². The minimum atomic E-state index is -1.04. The normalized spacial score (nSPS) is 9.94. The van der Waals surface area contributed by atoms with Crippen molar-refractivity contribution in [1.82, 2.24) is 4.98 Å². The fourth-order valence-electron chi connectivity index (χ4n) is 1.13. The van der Waals surface area contributed by atoms with E-state index in [1.54, 1.807) is 6.07 Å². The second kappa shape index (κ2) is 6.90. The molecule has 1 N–H and O–H groups in total. The van der Waals surface area contributed by atoms with Gasteiger partial charge in [0.15, 0.2) is 0 Å². The number of thioether (sulfide) groups is 1. The number of methoxy groups -OCH3 is 1. The first-order valence-electron chi connectivity index (χ1n) is 5.02. The van der Waals surface area contributed by atoms with Crippen LogP contribution in [0.25, 0.3) is 0 Å². The molecule has 1 rings (SSSR count). The zero-order valence-electron chi connectivity index (χ0n) is 9.38. The molecular weight excluding hydrogens is 242 g/mol. The van der Waals surface area contributed by atoms with Crippen LogP contribution in [0.15, 0.2) is 23.2 Å². The van der Waals surface area contributed by atoms with Gasteiger partial charge in [-0.05, 0) is 24.3 Å². The van der Waals surface area contributed by atoms with E-state index in [-0.39, 0.29) is 11.7 Å². The summed E-state index contributed by atoms with van der Waals surface area (Å²) < 4.78 is 4.52. The molecule has 0 aliphatic heterocycles. The number of hydrogen-bond donors (Lipinski definition) is 1. The summed E-state index contributed by atoms with van der Waals surface area (Å²) in [7, 11) is 1.36. The SMILES string of the molecule is COC(=O)CCCSc1ccnc(C(=O)O)c1. The summed E-state index contributed by atoms with van der Waals surface area (Å²) in [5, 5.41) is 8.75. The first-order valence-corrected chi connectivity index (χ1v) is 6.01. The molecule has 0 amide bonds. The van der Waals surface area contributed by atoms with E-state index in [9.17, 15) is 9.59 Å². The highest BCUT2D eigenvalue weighted by Gasteiger charge is 2.05. The molecule has 0 saturated heterocycles. The summed E-state index contributed by atoms with van der Waals surface area (Å²) in [4.78, 5) is 26.1. The molecule has 1 aromatic rings. The quantitative estimate of drug-likeness (QED) is 0.474. The molecular formula is C11H13NO4S. The van der Waals surface area contributed by atoms with Crippen molar-refractivity contribution in [1.29, 1.82) is 0 Å². The third-order valence-electron chi connectivity index (χ3n) is 1.97. The molecule has 0 bridgehead atoms. The largest absolute Gasteiger partial charge is 0.477 e. The van der Waals surface area contributed by atoms with E-state index >= 15 is 0 Å². The third-order valence-corrected chi connectivity index (χ3v) is 3.05. The maximum Gasteiger partial charge on any atom is 0.354 e. The van der Waals surface area contributed by atoms with E-state index in [2.05, 4.69) is 9.72 Å². The highest BCUT2D eigenvalue weighted by molar-refractivity contribution is 7.99. The number of esters is 1. The Morgan fingerprint density at radius 2 is 2.29 bits per heavy atom. The molecule has 1 heterocycles. The molecule has 1 aromatic heterocycles. The minimum Gasteiger partial charge on any atom is -0.477 e. The van der Waals surface area contributed by atoms with Crippen molar-refractivity contribution in [3.63, 3.8) is 0 Å². The number of hydrogen-bond acceptors (Lipinski definition) is 5. The summed E-state index contributed by atoms with van der Waals surface area (Å²) in [6.45, 7) is 0. The Kier molecular flexibility index (Phi) is 5.48. The smallest absolute Gasteiger partial charge is 0.354 e. The van der Waals surface area contributed by atoms with Gasteiger partial charge in [0.05, 0.1) is 7.11 Å². The molecule has 0 unspecified atom stereocenters. The van der Waals surface area contributed by atoms with Crippen molar-refractivity contribution < 1.29 is 19.4 Å². The average molecular weight is 255 g/mol. The number of aromatic nitrogens is 1. The number of carboxylic acids is 1. The molecule has 17 heavy (non-hydrogen) atoms. The molecule has 0 aliphatic carbocycles. The first kappa shape index (κ1) is 13.5. The topological polar surface area (TPSA) is 76.5 Å². The van der Waals surface area contributed by atoms with Crippen molar-refractivity contribution >= 4 is 23.7 Å². The van der Waals surface area contributed by atoms with E-state index in [1.807, 2.05) is 0 Å². The molecule has 0 radical (unpaired) electrons. The number of pyridine rings is 1. The van der Waals surface area contributed by atoms with Crippen LogP contribution in [0.2, 0.25) is 0 Å². The van der Waals surface area contributed by atoms with E-state index in [4.69, 9.17) is 5.11 Å². The van der Waals surface area contributed by atoms with Crippen LogP contribution < -0.4 is 0 Å². The van der Waals surface area contributed by atoms with Gasteiger partial charge in [0.25, 0.3) is 0 Å². The van der Waals surface area contributed by atoms with Crippen molar-refractivity contribution in [3.05, 3.63) is 24.0 Å². The Balaban J connectivity index is 2.39. The lowest BCUT2D eigenvalue weighted by atomic mass is 10.3. The van der Waals surface area contributed by atoms with Crippen molar-refractivity contribution in [2.24, 2.45) is 0 Å². The second-order valence-corrected chi connectivity index (χ2v) is 4.38. The fraction of sp³-hybridized carbons (Fsp3) is 0.364. The van der Waals surface area contributed by atoms with Crippen LogP contribution in [0.3, 0.4) is 0 Å². The Morgan fingerprint density at radius 3 is 2.94 bits per heavy atom. The van der Waals surface area contributed by atoms with E-state index in [1.165, 1.54) is 31.1 Å². The first-order chi connectivity index (χ1) is 8.13. The van der Waals surface area contributed by atoms with Crippen LogP contribution in [0, 0.1) is 0 Å². The van der Waals surface area contributed by atoms with Gasteiger partial charge in [-0.15, -0.1) is 11.8 Å². The average Bonchev–Trinajstić information content (AvgIpc) is 2.34. The maximum atomic E-state index is 10.8. The number of ether oxygens (including phenoxy) is 1. The highest BCUT2D eigenvalue weighted by Crippen LogP contribution is 2.19. The zero-order valence-corrected chi connectivity index (χ0v) is 10.2. The lowest BCUT2D eigenvalue weighted by Crippen LogP contribution is -2.01. The monoisotopic (exact) mass is 255 g/mol. The van der Waals surface area contributed by atoms with Gasteiger partial charge in [0.2, 0.25) is 0 Å². The summed E-state index contributed by atoms with van der Waals surface area (Å²) in [5.41, 5.74) is 0.0305. The van der Waals surface area contributed by atoms with Crippen LogP contribution in [-0.4, -0.2) is 34.9 Å². The molecule has 6 heteroatoms. The Labute approximate surface area is 103 Å². The summed E-state index contributed by atoms with van der Waals surface area (Å²) >= 11 is 1.49.